The van der Waals surface area contributed by atoms with Crippen molar-refractivity contribution in [2.45, 2.75) is 12.5 Å². The van der Waals surface area contributed by atoms with Gasteiger partial charge in [-0.05, 0) is 54.1 Å². The molecule has 6 nitrogen and oxygen atoms in total. The summed E-state index contributed by atoms with van der Waals surface area (Å²) in [5.41, 5.74) is 3.76. The fraction of sp³-hybridized carbons (Fsp3) is 0.0800. The molecule has 1 aromatic heterocycles. The monoisotopic (exact) mass is 443 g/mol. The first-order valence-electron chi connectivity index (χ1n) is 10.1. The fourth-order valence-electron chi connectivity index (χ4n) is 3.80. The van der Waals surface area contributed by atoms with E-state index in [0.717, 1.165) is 28.3 Å². The van der Waals surface area contributed by atoms with Crippen LogP contribution in [0.15, 0.2) is 101 Å². The molecule has 1 atom stereocenters. The van der Waals surface area contributed by atoms with Gasteiger partial charge in [0.05, 0.1) is 16.3 Å². The van der Waals surface area contributed by atoms with E-state index in [2.05, 4.69) is 0 Å². The first kappa shape index (κ1) is 20.0. The third-order valence-corrected chi connectivity index (χ3v) is 5.68. The molecule has 0 fully saturated rings. The number of halogens is 1. The highest BCUT2D eigenvalue weighted by molar-refractivity contribution is 6.30. The minimum absolute atomic E-state index is 0.0487. The standard InChI is InChI=1S/C25H18ClN3O3/c26-19-10-6-17(7-11-19)22-16-23(28(27-22)20-4-2-1-3-5-20)25-15-14-24(32-25)18-8-12-21(13-9-18)29(30)31/h1-15,23H,16H2. The van der Waals surface area contributed by atoms with E-state index in [1.165, 1.54) is 12.1 Å². The van der Waals surface area contributed by atoms with Crippen LogP contribution in [0.1, 0.15) is 23.8 Å². The van der Waals surface area contributed by atoms with Crippen LogP contribution in [-0.2, 0) is 0 Å². The van der Waals surface area contributed by atoms with Crippen molar-refractivity contribution in [3.05, 3.63) is 117 Å². The van der Waals surface area contributed by atoms with E-state index >= 15 is 0 Å². The van der Waals surface area contributed by atoms with Gasteiger partial charge in [-0.15, -0.1) is 0 Å². The quantitative estimate of drug-likeness (QED) is 0.249. The molecular formula is C25H18ClN3O3. The Hall–Kier alpha value is -3.90. The summed E-state index contributed by atoms with van der Waals surface area (Å²) in [6, 6.07) is 27.7. The molecule has 1 aliphatic heterocycles. The number of non-ortho nitro benzene ring substituents is 1. The first-order valence-corrected chi connectivity index (χ1v) is 10.5. The normalized spacial score (nSPS) is 15.6. The van der Waals surface area contributed by atoms with E-state index < -0.39 is 4.92 Å². The molecule has 0 N–H and O–H groups in total. The van der Waals surface area contributed by atoms with Gasteiger partial charge < -0.3 is 4.42 Å². The predicted octanol–water partition coefficient (Wildman–Crippen LogP) is 6.86. The number of anilines is 1. The van der Waals surface area contributed by atoms with Crippen molar-refractivity contribution >= 4 is 28.7 Å². The van der Waals surface area contributed by atoms with Gasteiger partial charge in [-0.1, -0.05) is 41.9 Å². The Balaban J connectivity index is 1.48. The van der Waals surface area contributed by atoms with Crippen LogP contribution in [-0.4, -0.2) is 10.6 Å². The minimum atomic E-state index is -0.413. The smallest absolute Gasteiger partial charge is 0.269 e. The number of hydrogen-bond acceptors (Lipinski definition) is 5. The Kier molecular flexibility index (Phi) is 5.21. The fourth-order valence-corrected chi connectivity index (χ4v) is 3.93. The Bertz CT molecular complexity index is 1280. The highest BCUT2D eigenvalue weighted by Gasteiger charge is 2.32. The van der Waals surface area contributed by atoms with Gasteiger partial charge in [0, 0.05) is 29.1 Å². The summed E-state index contributed by atoms with van der Waals surface area (Å²) in [7, 11) is 0. The molecule has 0 saturated carbocycles. The number of nitro groups is 1. The first-order chi connectivity index (χ1) is 15.6. The zero-order chi connectivity index (χ0) is 22.1. The topological polar surface area (TPSA) is 71.9 Å². The second-order valence-corrected chi connectivity index (χ2v) is 7.90. The third kappa shape index (κ3) is 3.88. The molecule has 0 bridgehead atoms. The van der Waals surface area contributed by atoms with Crippen LogP contribution in [0.4, 0.5) is 11.4 Å². The molecule has 7 heteroatoms. The molecule has 2 heterocycles. The lowest BCUT2D eigenvalue weighted by Crippen LogP contribution is -2.17. The summed E-state index contributed by atoms with van der Waals surface area (Å²) in [5.74, 6) is 1.43. The van der Waals surface area contributed by atoms with Gasteiger partial charge in [-0.3, -0.25) is 15.1 Å². The zero-order valence-electron chi connectivity index (χ0n) is 16.9. The Morgan fingerprint density at radius 1 is 0.906 bits per heavy atom. The van der Waals surface area contributed by atoms with Crippen molar-refractivity contribution in [3.8, 4) is 11.3 Å². The lowest BCUT2D eigenvalue weighted by molar-refractivity contribution is -0.384. The number of para-hydroxylation sites is 1. The van der Waals surface area contributed by atoms with Crippen LogP contribution in [0.2, 0.25) is 5.02 Å². The average molecular weight is 444 g/mol. The molecule has 0 radical (unpaired) electrons. The number of nitrogens with zero attached hydrogens (tertiary/aromatic N) is 3. The van der Waals surface area contributed by atoms with Crippen LogP contribution in [0.5, 0.6) is 0 Å². The van der Waals surface area contributed by atoms with Crippen LogP contribution < -0.4 is 5.01 Å². The van der Waals surface area contributed by atoms with Gasteiger partial charge in [0.2, 0.25) is 0 Å². The van der Waals surface area contributed by atoms with Crippen molar-refractivity contribution in [2.75, 3.05) is 5.01 Å². The lowest BCUT2D eigenvalue weighted by atomic mass is 10.0. The molecule has 32 heavy (non-hydrogen) atoms. The number of benzene rings is 3. The van der Waals surface area contributed by atoms with E-state index in [0.29, 0.717) is 17.2 Å². The Morgan fingerprint density at radius 3 is 2.28 bits per heavy atom. The van der Waals surface area contributed by atoms with E-state index in [1.54, 1.807) is 12.1 Å². The Labute approximate surface area is 189 Å². The third-order valence-electron chi connectivity index (χ3n) is 5.43. The average Bonchev–Trinajstić information content (AvgIpc) is 3.48. The van der Waals surface area contributed by atoms with E-state index in [4.69, 9.17) is 21.1 Å². The van der Waals surface area contributed by atoms with E-state index in [9.17, 15) is 10.1 Å². The second-order valence-electron chi connectivity index (χ2n) is 7.46. The SMILES string of the molecule is O=[N+]([O-])c1ccc(-c2ccc(C3CC(c4ccc(Cl)cc4)=NN3c3ccccc3)o2)cc1. The van der Waals surface area contributed by atoms with Crippen molar-refractivity contribution in [1.29, 1.82) is 0 Å². The van der Waals surface area contributed by atoms with Crippen LogP contribution in [0.3, 0.4) is 0 Å². The maximum absolute atomic E-state index is 10.9. The molecule has 5 rings (SSSR count). The molecule has 1 aliphatic rings. The molecule has 0 amide bonds. The summed E-state index contributed by atoms with van der Waals surface area (Å²) >= 11 is 6.05. The van der Waals surface area contributed by atoms with Gasteiger partial charge in [-0.2, -0.15) is 5.10 Å². The number of rotatable bonds is 5. The molecule has 0 saturated heterocycles. The summed E-state index contributed by atoms with van der Waals surface area (Å²) in [5, 5.41) is 18.5. The van der Waals surface area contributed by atoms with Gasteiger partial charge in [0.1, 0.15) is 17.6 Å². The largest absolute Gasteiger partial charge is 0.459 e. The highest BCUT2D eigenvalue weighted by Crippen LogP contribution is 2.38. The van der Waals surface area contributed by atoms with E-state index in [-0.39, 0.29) is 11.7 Å². The van der Waals surface area contributed by atoms with Crippen LogP contribution in [0, 0.1) is 10.1 Å². The summed E-state index contributed by atoms with van der Waals surface area (Å²) in [4.78, 5) is 10.5. The lowest BCUT2D eigenvalue weighted by Gasteiger charge is -2.21. The molecule has 3 aromatic carbocycles. The van der Waals surface area contributed by atoms with Crippen molar-refractivity contribution in [2.24, 2.45) is 5.10 Å². The van der Waals surface area contributed by atoms with Gasteiger partial charge in [-0.25, -0.2) is 0 Å². The Morgan fingerprint density at radius 2 is 1.59 bits per heavy atom. The van der Waals surface area contributed by atoms with Crippen molar-refractivity contribution < 1.29 is 9.34 Å². The van der Waals surface area contributed by atoms with Crippen LogP contribution in [0.25, 0.3) is 11.3 Å². The second kappa shape index (κ2) is 8.32. The van der Waals surface area contributed by atoms with Crippen molar-refractivity contribution in [3.63, 3.8) is 0 Å². The number of furan rings is 1. The molecular weight excluding hydrogens is 426 g/mol. The molecule has 0 aliphatic carbocycles. The maximum Gasteiger partial charge on any atom is 0.269 e. The molecule has 1 unspecified atom stereocenters. The summed E-state index contributed by atoms with van der Waals surface area (Å²) in [6.45, 7) is 0. The maximum atomic E-state index is 10.9. The number of nitro benzene ring substituents is 1. The summed E-state index contributed by atoms with van der Waals surface area (Å²) in [6.07, 6.45) is 0.670. The van der Waals surface area contributed by atoms with Gasteiger partial charge in [0.25, 0.3) is 5.69 Å². The predicted molar refractivity (Wildman–Crippen MR) is 125 cm³/mol. The summed E-state index contributed by atoms with van der Waals surface area (Å²) < 4.78 is 6.20. The van der Waals surface area contributed by atoms with Crippen LogP contribution >= 0.6 is 11.6 Å². The zero-order valence-corrected chi connectivity index (χ0v) is 17.6. The van der Waals surface area contributed by atoms with Crippen molar-refractivity contribution in [1.82, 2.24) is 0 Å². The highest BCUT2D eigenvalue weighted by atomic mass is 35.5. The van der Waals surface area contributed by atoms with Gasteiger partial charge >= 0.3 is 0 Å². The molecule has 158 valence electrons. The minimum Gasteiger partial charge on any atom is -0.459 e. The number of hydrogen-bond donors (Lipinski definition) is 0. The molecule has 4 aromatic rings. The number of hydrazone groups is 1. The van der Waals surface area contributed by atoms with E-state index in [1.807, 2.05) is 71.7 Å². The van der Waals surface area contributed by atoms with Gasteiger partial charge in [0.15, 0.2) is 0 Å². The molecule has 0 spiro atoms.